The summed E-state index contributed by atoms with van der Waals surface area (Å²) in [5.74, 6) is -2.79. The van der Waals surface area contributed by atoms with Gasteiger partial charge >= 0.3 is 0 Å². The third kappa shape index (κ3) is 3.59. The molecule has 0 aliphatic carbocycles. The van der Waals surface area contributed by atoms with Crippen molar-refractivity contribution < 1.29 is 49.6 Å². The standard InChI is InChI=1S/C20H18O11/c21-9-2-1-7(3-10(9)22)19-17(27)16(26)14-11(23)4-8(5-13(14)31-19)30-20-18(28)15(25)12(24)6-29-20/h1-5,12,15,18,20-25,27-28H,6H2/t12-,15+,18?,20+/m1/s1. The van der Waals surface area contributed by atoms with Gasteiger partial charge in [0.25, 0.3) is 0 Å². The minimum Gasteiger partial charge on any atom is -0.507 e. The van der Waals surface area contributed by atoms with E-state index in [4.69, 9.17) is 13.9 Å². The number of hydrogen-bond acceptors (Lipinski definition) is 11. The SMILES string of the molecule is O=c1c(O)c(-c2ccc(O)c(O)c2)oc2cc(O[C@@H]3OC[C@@H](O)[C@H](O)C3O)cc(O)c12. The lowest BCUT2D eigenvalue weighted by Gasteiger charge is -2.34. The van der Waals surface area contributed by atoms with Crippen LogP contribution in [0.4, 0.5) is 0 Å². The first-order valence-electron chi connectivity index (χ1n) is 9.05. The molecule has 11 heteroatoms. The molecule has 1 unspecified atom stereocenters. The van der Waals surface area contributed by atoms with Crippen LogP contribution >= 0.6 is 0 Å². The highest BCUT2D eigenvalue weighted by Crippen LogP contribution is 2.38. The topological polar surface area (TPSA) is 190 Å². The molecule has 1 aliphatic heterocycles. The Morgan fingerprint density at radius 3 is 2.35 bits per heavy atom. The van der Waals surface area contributed by atoms with Crippen LogP contribution in [0.5, 0.6) is 28.7 Å². The molecule has 0 amide bonds. The van der Waals surface area contributed by atoms with Gasteiger partial charge in [0.15, 0.2) is 17.3 Å². The predicted molar refractivity (Wildman–Crippen MR) is 103 cm³/mol. The van der Waals surface area contributed by atoms with Crippen LogP contribution in [-0.2, 0) is 4.74 Å². The Labute approximate surface area is 173 Å². The number of phenols is 3. The summed E-state index contributed by atoms with van der Waals surface area (Å²) >= 11 is 0. The Morgan fingerprint density at radius 1 is 0.903 bits per heavy atom. The van der Waals surface area contributed by atoms with Crippen molar-refractivity contribution in [2.24, 2.45) is 0 Å². The lowest BCUT2D eigenvalue weighted by molar-refractivity contribution is -0.242. The molecule has 164 valence electrons. The lowest BCUT2D eigenvalue weighted by atomic mass is 10.1. The summed E-state index contributed by atoms with van der Waals surface area (Å²) in [6, 6.07) is 5.70. The molecule has 3 aromatic rings. The zero-order chi connectivity index (χ0) is 22.4. The van der Waals surface area contributed by atoms with Crippen LogP contribution in [0, 0.1) is 0 Å². The second-order valence-corrected chi connectivity index (χ2v) is 7.00. The van der Waals surface area contributed by atoms with Crippen molar-refractivity contribution in [3.8, 4) is 40.1 Å². The summed E-state index contributed by atoms with van der Waals surface area (Å²) < 4.78 is 16.1. The summed E-state index contributed by atoms with van der Waals surface area (Å²) in [6.07, 6.45) is -5.79. The van der Waals surface area contributed by atoms with Crippen LogP contribution in [-0.4, -0.2) is 67.0 Å². The number of aliphatic hydroxyl groups is 3. The van der Waals surface area contributed by atoms with Crippen molar-refractivity contribution in [3.63, 3.8) is 0 Å². The number of aromatic hydroxyl groups is 4. The van der Waals surface area contributed by atoms with Gasteiger partial charge in [0.05, 0.1) is 6.61 Å². The number of aliphatic hydroxyl groups excluding tert-OH is 3. The fourth-order valence-electron chi connectivity index (χ4n) is 3.21. The molecule has 0 radical (unpaired) electrons. The monoisotopic (exact) mass is 434 g/mol. The van der Waals surface area contributed by atoms with E-state index in [2.05, 4.69) is 0 Å². The average Bonchev–Trinajstić information content (AvgIpc) is 2.73. The molecule has 0 spiro atoms. The zero-order valence-corrected chi connectivity index (χ0v) is 15.7. The molecular formula is C20H18O11. The molecule has 1 aromatic heterocycles. The minimum absolute atomic E-state index is 0.0701. The molecule has 11 nitrogen and oxygen atoms in total. The number of hydrogen-bond donors (Lipinski definition) is 7. The Balaban J connectivity index is 1.78. The van der Waals surface area contributed by atoms with Crippen molar-refractivity contribution in [1.82, 2.24) is 0 Å². The molecule has 31 heavy (non-hydrogen) atoms. The second kappa shape index (κ2) is 7.63. The molecule has 1 fully saturated rings. The first kappa shape index (κ1) is 20.8. The van der Waals surface area contributed by atoms with Crippen molar-refractivity contribution >= 4 is 11.0 Å². The number of rotatable bonds is 3. The first-order chi connectivity index (χ1) is 14.7. The molecular weight excluding hydrogens is 416 g/mol. The van der Waals surface area contributed by atoms with Gasteiger partial charge in [-0.3, -0.25) is 4.79 Å². The summed E-state index contributed by atoms with van der Waals surface area (Å²) in [5, 5.41) is 68.6. The zero-order valence-electron chi connectivity index (χ0n) is 15.7. The summed E-state index contributed by atoms with van der Waals surface area (Å²) in [5.41, 5.74) is -1.09. The second-order valence-electron chi connectivity index (χ2n) is 7.00. The molecule has 0 bridgehead atoms. The number of ether oxygens (including phenoxy) is 2. The van der Waals surface area contributed by atoms with E-state index in [1.165, 1.54) is 12.1 Å². The van der Waals surface area contributed by atoms with Gasteiger partial charge in [-0.05, 0) is 18.2 Å². The predicted octanol–water partition coefficient (Wildman–Crippen LogP) is 0.100. The molecule has 2 heterocycles. The average molecular weight is 434 g/mol. The van der Waals surface area contributed by atoms with E-state index in [9.17, 15) is 40.5 Å². The molecule has 4 rings (SSSR count). The molecule has 4 atom stereocenters. The molecule has 1 aliphatic rings. The lowest BCUT2D eigenvalue weighted by Crippen LogP contribution is -2.54. The summed E-state index contributed by atoms with van der Waals surface area (Å²) in [4.78, 5) is 12.6. The van der Waals surface area contributed by atoms with Gasteiger partial charge in [0.2, 0.25) is 17.5 Å². The summed E-state index contributed by atoms with van der Waals surface area (Å²) in [6.45, 7) is -0.306. The third-order valence-electron chi connectivity index (χ3n) is 4.87. The number of fused-ring (bicyclic) bond motifs is 1. The highest BCUT2D eigenvalue weighted by molar-refractivity contribution is 5.88. The minimum atomic E-state index is -1.59. The maximum absolute atomic E-state index is 12.6. The number of phenolic OH excluding ortho intramolecular Hbond substituents is 3. The van der Waals surface area contributed by atoms with E-state index in [-0.39, 0.29) is 34.6 Å². The van der Waals surface area contributed by atoms with E-state index in [0.717, 1.165) is 18.2 Å². The van der Waals surface area contributed by atoms with Gasteiger partial charge in [-0.1, -0.05) is 0 Å². The number of benzene rings is 2. The Kier molecular flexibility index (Phi) is 5.11. The first-order valence-corrected chi connectivity index (χ1v) is 9.05. The van der Waals surface area contributed by atoms with Crippen molar-refractivity contribution in [3.05, 3.63) is 40.6 Å². The van der Waals surface area contributed by atoms with Gasteiger partial charge in [-0.2, -0.15) is 0 Å². The van der Waals surface area contributed by atoms with Crippen molar-refractivity contribution in [1.29, 1.82) is 0 Å². The van der Waals surface area contributed by atoms with Gasteiger partial charge in [-0.15, -0.1) is 0 Å². The highest BCUT2D eigenvalue weighted by Gasteiger charge is 2.39. The van der Waals surface area contributed by atoms with Crippen LogP contribution in [0.25, 0.3) is 22.3 Å². The third-order valence-corrected chi connectivity index (χ3v) is 4.87. The fraction of sp³-hybridized carbons (Fsp3) is 0.250. The van der Waals surface area contributed by atoms with E-state index in [1.54, 1.807) is 0 Å². The molecule has 1 saturated heterocycles. The molecule has 7 N–H and O–H groups in total. The summed E-state index contributed by atoms with van der Waals surface area (Å²) in [7, 11) is 0. The highest BCUT2D eigenvalue weighted by atomic mass is 16.7. The van der Waals surface area contributed by atoms with Gasteiger partial charge in [0, 0.05) is 17.7 Å². The van der Waals surface area contributed by atoms with Crippen LogP contribution < -0.4 is 10.2 Å². The van der Waals surface area contributed by atoms with Crippen LogP contribution in [0.2, 0.25) is 0 Å². The maximum Gasteiger partial charge on any atom is 0.238 e. The molecule has 0 saturated carbocycles. The van der Waals surface area contributed by atoms with Crippen molar-refractivity contribution in [2.75, 3.05) is 6.61 Å². The largest absolute Gasteiger partial charge is 0.507 e. The van der Waals surface area contributed by atoms with Crippen molar-refractivity contribution in [2.45, 2.75) is 24.6 Å². The molecule has 2 aromatic carbocycles. The normalized spacial score (nSPS) is 23.7. The fourth-order valence-corrected chi connectivity index (χ4v) is 3.21. The van der Waals surface area contributed by atoms with Crippen LogP contribution in [0.1, 0.15) is 0 Å². The quantitative estimate of drug-likeness (QED) is 0.277. The van der Waals surface area contributed by atoms with Gasteiger partial charge in [0.1, 0.15) is 40.8 Å². The van der Waals surface area contributed by atoms with Crippen LogP contribution in [0.15, 0.2) is 39.5 Å². The smallest absolute Gasteiger partial charge is 0.238 e. The van der Waals surface area contributed by atoms with E-state index >= 15 is 0 Å². The van der Waals surface area contributed by atoms with Crippen LogP contribution in [0.3, 0.4) is 0 Å². The Morgan fingerprint density at radius 2 is 1.65 bits per heavy atom. The van der Waals surface area contributed by atoms with Gasteiger partial charge < -0.3 is 49.6 Å². The maximum atomic E-state index is 12.6. The van der Waals surface area contributed by atoms with E-state index in [1.807, 2.05) is 0 Å². The van der Waals surface area contributed by atoms with E-state index < -0.39 is 53.0 Å². The Hall–Kier alpha value is -3.51. The van der Waals surface area contributed by atoms with E-state index in [0.29, 0.717) is 0 Å². The van der Waals surface area contributed by atoms with Gasteiger partial charge in [-0.25, -0.2) is 0 Å². The Bertz CT molecular complexity index is 1200.